The molecule has 7 nitrogen and oxygen atoms in total. The van der Waals surface area contributed by atoms with Gasteiger partial charge in [0.25, 0.3) is 5.56 Å². The number of rotatable bonds is 4. The van der Waals surface area contributed by atoms with E-state index in [0.29, 0.717) is 33.7 Å². The van der Waals surface area contributed by atoms with Crippen LogP contribution in [-0.2, 0) is 13.2 Å². The molecule has 0 aliphatic heterocycles. The molecule has 2 N–H and O–H groups in total. The highest BCUT2D eigenvalue weighted by atomic mass is 35.5. The normalized spacial score (nSPS) is 11.4. The van der Waals surface area contributed by atoms with Crippen LogP contribution in [0.4, 0.5) is 29.3 Å². The lowest BCUT2D eigenvalue weighted by Crippen LogP contribution is -2.20. The largest absolute Gasteiger partial charge is 0.457 e. The van der Waals surface area contributed by atoms with Crippen molar-refractivity contribution < 1.29 is 22.7 Å². The third-order valence-corrected chi connectivity index (χ3v) is 5.43. The van der Waals surface area contributed by atoms with Gasteiger partial charge in [-0.15, -0.1) is 0 Å². The van der Waals surface area contributed by atoms with Gasteiger partial charge in [0, 0.05) is 18.4 Å². The first-order chi connectivity index (χ1) is 16.5. The summed E-state index contributed by atoms with van der Waals surface area (Å²) in [6.07, 6.45) is -3.20. The highest BCUT2D eigenvalue weighted by molar-refractivity contribution is 6.31. The number of carbonyl (C=O) groups is 1. The van der Waals surface area contributed by atoms with Crippen molar-refractivity contribution in [2.24, 2.45) is 7.05 Å². The van der Waals surface area contributed by atoms with Gasteiger partial charge < -0.3 is 19.9 Å². The zero-order chi connectivity index (χ0) is 25.3. The molecule has 0 spiro atoms. The molecule has 0 fully saturated rings. The molecular weight excluding hydrogens is 485 g/mol. The Morgan fingerprint density at radius 3 is 2.46 bits per heavy atom. The van der Waals surface area contributed by atoms with Crippen LogP contribution in [0.15, 0.2) is 65.7 Å². The van der Waals surface area contributed by atoms with Crippen LogP contribution in [0.1, 0.15) is 11.1 Å². The van der Waals surface area contributed by atoms with Gasteiger partial charge in [-0.25, -0.2) is 9.78 Å². The van der Waals surface area contributed by atoms with E-state index in [4.69, 9.17) is 16.3 Å². The summed E-state index contributed by atoms with van der Waals surface area (Å²) in [4.78, 5) is 28.8. The van der Waals surface area contributed by atoms with Crippen LogP contribution in [0.5, 0.6) is 11.5 Å². The molecule has 0 bridgehead atoms. The van der Waals surface area contributed by atoms with E-state index in [9.17, 15) is 22.8 Å². The van der Waals surface area contributed by atoms with Crippen LogP contribution < -0.4 is 20.9 Å². The number of amides is 2. The van der Waals surface area contributed by atoms with E-state index in [1.165, 1.54) is 17.0 Å². The maximum atomic E-state index is 13.0. The molecule has 0 aliphatic carbocycles. The Balaban J connectivity index is 1.47. The molecule has 0 radical (unpaired) electrons. The van der Waals surface area contributed by atoms with Crippen LogP contribution in [0.3, 0.4) is 0 Å². The topological polar surface area (TPSA) is 85.2 Å². The van der Waals surface area contributed by atoms with Crippen molar-refractivity contribution in [3.8, 4) is 11.5 Å². The summed E-state index contributed by atoms with van der Waals surface area (Å²) in [6.45, 7) is 1.73. The lowest BCUT2D eigenvalue weighted by molar-refractivity contribution is -0.137. The van der Waals surface area contributed by atoms with Gasteiger partial charge in [-0.1, -0.05) is 11.6 Å². The highest BCUT2D eigenvalue weighted by Gasteiger charge is 2.33. The van der Waals surface area contributed by atoms with E-state index < -0.39 is 22.8 Å². The minimum absolute atomic E-state index is 0.0613. The van der Waals surface area contributed by atoms with E-state index in [1.54, 1.807) is 50.4 Å². The molecule has 0 saturated heterocycles. The molecule has 11 heteroatoms. The van der Waals surface area contributed by atoms with Gasteiger partial charge in [0.2, 0.25) is 0 Å². The number of nitrogens with one attached hydrogen (secondary N) is 2. The number of hydrogen-bond acceptors (Lipinski definition) is 4. The summed E-state index contributed by atoms with van der Waals surface area (Å²) in [6, 6.07) is 12.2. The Morgan fingerprint density at radius 2 is 1.74 bits per heavy atom. The van der Waals surface area contributed by atoms with Crippen LogP contribution in [0.2, 0.25) is 5.02 Å². The molecule has 180 valence electrons. The number of hydrogen-bond donors (Lipinski definition) is 2. The second-order valence-corrected chi connectivity index (χ2v) is 8.10. The summed E-state index contributed by atoms with van der Waals surface area (Å²) in [5.74, 6) is 0.893. The van der Waals surface area contributed by atoms with Crippen LogP contribution in [0, 0.1) is 6.92 Å². The number of fused-ring (bicyclic) bond motifs is 1. The van der Waals surface area contributed by atoms with Gasteiger partial charge in [0.05, 0.1) is 27.8 Å². The number of ether oxygens (including phenoxy) is 1. The van der Waals surface area contributed by atoms with Crippen molar-refractivity contribution in [1.82, 2.24) is 9.55 Å². The minimum atomic E-state index is -4.65. The van der Waals surface area contributed by atoms with Gasteiger partial charge in [0.15, 0.2) is 0 Å². The molecule has 4 rings (SSSR count). The molecule has 1 aromatic heterocycles. The number of aromatic nitrogens is 2. The monoisotopic (exact) mass is 502 g/mol. The fraction of sp³-hybridized carbons (Fsp3) is 0.125. The number of anilines is 2. The standard InChI is InChI=1S/C24H18ClF3N4O3/c1-13-9-15(35-16-5-8-21-17(11-16)22(33)32(2)12-29-21)4-7-20(13)31-23(34)30-14-3-6-19(25)18(10-14)24(26,27)28/h3-12H,1-2H3,(H2,30,31,34). The summed E-state index contributed by atoms with van der Waals surface area (Å²) in [7, 11) is 1.61. The fourth-order valence-corrected chi connectivity index (χ4v) is 3.56. The van der Waals surface area contributed by atoms with Gasteiger partial charge >= 0.3 is 12.2 Å². The number of alkyl halides is 3. The third kappa shape index (κ3) is 5.38. The summed E-state index contributed by atoms with van der Waals surface area (Å²) < 4.78 is 46.3. The SMILES string of the molecule is Cc1cc(Oc2ccc3ncn(C)c(=O)c3c2)ccc1NC(=O)Nc1ccc(Cl)c(C(F)(F)F)c1. The number of benzene rings is 3. The van der Waals surface area contributed by atoms with Crippen molar-refractivity contribution in [1.29, 1.82) is 0 Å². The highest BCUT2D eigenvalue weighted by Crippen LogP contribution is 2.36. The summed E-state index contributed by atoms with van der Waals surface area (Å²) >= 11 is 5.60. The van der Waals surface area contributed by atoms with Gasteiger partial charge in [0.1, 0.15) is 11.5 Å². The Hall–Kier alpha value is -4.05. The number of halogens is 4. The number of urea groups is 1. The Morgan fingerprint density at radius 1 is 1.03 bits per heavy atom. The zero-order valence-electron chi connectivity index (χ0n) is 18.4. The molecule has 3 aromatic carbocycles. The second kappa shape index (κ2) is 9.30. The fourth-order valence-electron chi connectivity index (χ4n) is 3.33. The maximum Gasteiger partial charge on any atom is 0.417 e. The maximum absolute atomic E-state index is 13.0. The minimum Gasteiger partial charge on any atom is -0.457 e. The molecule has 4 aromatic rings. The predicted octanol–water partition coefficient (Wildman–Crippen LogP) is 6.35. The van der Waals surface area contributed by atoms with E-state index in [-0.39, 0.29) is 11.2 Å². The first kappa shape index (κ1) is 24.1. The number of nitrogens with zero attached hydrogens (tertiary/aromatic N) is 2. The lowest BCUT2D eigenvalue weighted by atomic mass is 10.2. The molecule has 0 atom stereocenters. The van der Waals surface area contributed by atoms with Crippen LogP contribution in [0.25, 0.3) is 10.9 Å². The van der Waals surface area contributed by atoms with E-state index in [0.717, 1.165) is 12.1 Å². The average molecular weight is 503 g/mol. The molecule has 35 heavy (non-hydrogen) atoms. The van der Waals surface area contributed by atoms with Crippen molar-refractivity contribution in [2.45, 2.75) is 13.1 Å². The van der Waals surface area contributed by atoms with Crippen molar-refractivity contribution in [3.05, 3.63) is 87.4 Å². The summed E-state index contributed by atoms with van der Waals surface area (Å²) in [5.41, 5.74) is 0.306. The Kier molecular flexibility index (Phi) is 6.40. The molecule has 2 amide bonds. The van der Waals surface area contributed by atoms with Crippen molar-refractivity contribution >= 4 is 39.9 Å². The predicted molar refractivity (Wildman–Crippen MR) is 127 cm³/mol. The Labute approximate surface area is 202 Å². The van der Waals surface area contributed by atoms with Gasteiger partial charge in [-0.05, 0) is 67.1 Å². The van der Waals surface area contributed by atoms with Crippen LogP contribution in [-0.4, -0.2) is 15.6 Å². The number of carbonyl (C=O) groups excluding carboxylic acids is 1. The van der Waals surface area contributed by atoms with Crippen LogP contribution >= 0.6 is 11.6 Å². The van der Waals surface area contributed by atoms with Crippen molar-refractivity contribution in [3.63, 3.8) is 0 Å². The number of aryl methyl sites for hydroxylation is 2. The average Bonchev–Trinajstić information content (AvgIpc) is 2.79. The third-order valence-electron chi connectivity index (χ3n) is 5.10. The Bertz CT molecular complexity index is 1500. The van der Waals surface area contributed by atoms with Gasteiger partial charge in [-0.2, -0.15) is 13.2 Å². The quantitative estimate of drug-likeness (QED) is 0.340. The van der Waals surface area contributed by atoms with E-state index in [2.05, 4.69) is 15.6 Å². The molecular formula is C24H18ClF3N4O3. The van der Waals surface area contributed by atoms with E-state index >= 15 is 0 Å². The molecule has 0 aliphatic rings. The molecule has 0 saturated carbocycles. The zero-order valence-corrected chi connectivity index (χ0v) is 19.2. The summed E-state index contributed by atoms with van der Waals surface area (Å²) in [5, 5.41) is 4.90. The van der Waals surface area contributed by atoms with Crippen molar-refractivity contribution in [2.75, 3.05) is 10.6 Å². The second-order valence-electron chi connectivity index (χ2n) is 7.69. The molecule has 0 unspecified atom stereocenters. The lowest BCUT2D eigenvalue weighted by Gasteiger charge is -2.14. The molecule has 1 heterocycles. The van der Waals surface area contributed by atoms with Gasteiger partial charge in [-0.3, -0.25) is 4.79 Å². The first-order valence-electron chi connectivity index (χ1n) is 10.2. The van der Waals surface area contributed by atoms with E-state index in [1.807, 2.05) is 0 Å². The smallest absolute Gasteiger partial charge is 0.417 e. The first-order valence-corrected chi connectivity index (χ1v) is 10.6.